The van der Waals surface area contributed by atoms with Gasteiger partial charge in [0.15, 0.2) is 5.13 Å². The number of carbonyl (C=O) groups is 1. The Balaban J connectivity index is 1.24. The summed E-state index contributed by atoms with van der Waals surface area (Å²) in [5.41, 5.74) is 5.21. The number of nitrogens with two attached hydrogens (primary N) is 1. The Morgan fingerprint density at radius 1 is 1.08 bits per heavy atom. The zero-order valence-corrected chi connectivity index (χ0v) is 22.7. The molecule has 0 aliphatic carbocycles. The van der Waals surface area contributed by atoms with Gasteiger partial charge in [-0.05, 0) is 37.9 Å². The maximum Gasteiger partial charge on any atom is 0.214 e. The maximum absolute atomic E-state index is 14.0. The summed E-state index contributed by atoms with van der Waals surface area (Å²) in [6, 6.07) is 3.13. The van der Waals surface area contributed by atoms with Gasteiger partial charge in [-0.1, -0.05) is 17.4 Å². The van der Waals surface area contributed by atoms with Gasteiger partial charge in [-0.15, -0.1) is 0 Å². The van der Waals surface area contributed by atoms with Crippen molar-refractivity contribution in [3.63, 3.8) is 0 Å². The first-order valence-electron chi connectivity index (χ1n) is 12.7. The number of aromatic nitrogens is 1. The van der Waals surface area contributed by atoms with Crippen molar-refractivity contribution in [3.05, 3.63) is 40.3 Å². The molecule has 0 bridgehead atoms. The van der Waals surface area contributed by atoms with Crippen LogP contribution in [0.15, 0.2) is 18.2 Å². The number of rotatable bonds is 11. The molecule has 14 heteroatoms. The van der Waals surface area contributed by atoms with Crippen molar-refractivity contribution < 1.29 is 27.1 Å². The highest BCUT2D eigenvalue weighted by molar-refractivity contribution is 7.89. The van der Waals surface area contributed by atoms with Gasteiger partial charge in [-0.25, -0.2) is 26.5 Å². The van der Waals surface area contributed by atoms with Crippen LogP contribution in [-0.4, -0.2) is 109 Å². The SMILES string of the molecule is Nc1nc(NC2CCN(S(=O)(=O)CCCN3CCN(CCO)CC3)CC2)sc1C(=O)c1c(F)cccc1F. The number of nitrogens with one attached hydrogen (secondary N) is 1. The van der Waals surface area contributed by atoms with Crippen molar-refractivity contribution in [1.82, 2.24) is 19.1 Å². The molecule has 3 heterocycles. The Morgan fingerprint density at radius 2 is 1.68 bits per heavy atom. The molecule has 1 aromatic heterocycles. The molecule has 210 valence electrons. The lowest BCUT2D eigenvalue weighted by atomic mass is 10.1. The topological polar surface area (TPSA) is 132 Å². The van der Waals surface area contributed by atoms with Crippen LogP contribution in [0.5, 0.6) is 0 Å². The molecule has 0 amide bonds. The number of hydrogen-bond acceptors (Lipinski definition) is 10. The van der Waals surface area contributed by atoms with Gasteiger partial charge in [0.25, 0.3) is 0 Å². The third-order valence-electron chi connectivity index (χ3n) is 6.98. The minimum Gasteiger partial charge on any atom is -0.395 e. The second-order valence-corrected chi connectivity index (χ2v) is 12.6. The minimum atomic E-state index is -3.37. The molecule has 2 aliphatic rings. The van der Waals surface area contributed by atoms with Gasteiger partial charge >= 0.3 is 0 Å². The molecule has 0 unspecified atom stereocenters. The Morgan fingerprint density at radius 3 is 2.29 bits per heavy atom. The number of hydrogen-bond donors (Lipinski definition) is 3. The highest BCUT2D eigenvalue weighted by Crippen LogP contribution is 2.30. The fourth-order valence-corrected chi connectivity index (χ4v) is 7.24. The van der Waals surface area contributed by atoms with Crippen LogP contribution in [0.3, 0.4) is 0 Å². The summed E-state index contributed by atoms with van der Waals surface area (Å²) in [6.45, 7) is 5.81. The largest absolute Gasteiger partial charge is 0.395 e. The van der Waals surface area contributed by atoms with Gasteiger partial charge in [-0.3, -0.25) is 9.69 Å². The lowest BCUT2D eigenvalue weighted by Crippen LogP contribution is -2.48. The van der Waals surface area contributed by atoms with Crippen molar-refractivity contribution in [3.8, 4) is 0 Å². The zero-order valence-electron chi connectivity index (χ0n) is 21.1. The molecule has 2 aliphatic heterocycles. The number of thiazole rings is 1. The van der Waals surface area contributed by atoms with Crippen molar-refractivity contribution in [2.24, 2.45) is 0 Å². The van der Waals surface area contributed by atoms with Crippen LogP contribution in [0.1, 0.15) is 34.5 Å². The standard InChI is InChI=1S/C24H34F2N6O4S2/c25-18-3-1-4-19(26)20(18)21(34)22-23(27)29-24(37-22)28-17-5-8-32(9-6-17)38(35,36)16-2-7-30-10-12-31(13-11-30)14-15-33/h1,3-4,17,33H,2,5-16,27H2,(H,28,29). The molecular formula is C24H34F2N6O4S2. The number of ketones is 1. The highest BCUT2D eigenvalue weighted by atomic mass is 32.2. The van der Waals surface area contributed by atoms with Gasteiger partial charge in [0.05, 0.1) is 17.9 Å². The van der Waals surface area contributed by atoms with Crippen LogP contribution >= 0.6 is 11.3 Å². The average Bonchev–Trinajstić information content (AvgIpc) is 3.25. The number of piperidine rings is 1. The molecule has 2 aromatic rings. The molecule has 1 aromatic carbocycles. The van der Waals surface area contributed by atoms with Crippen LogP contribution in [0.25, 0.3) is 0 Å². The number of nitrogen functional groups attached to an aromatic ring is 1. The van der Waals surface area contributed by atoms with Crippen LogP contribution in [-0.2, 0) is 10.0 Å². The van der Waals surface area contributed by atoms with Crippen LogP contribution in [0.4, 0.5) is 19.7 Å². The molecule has 0 spiro atoms. The van der Waals surface area contributed by atoms with E-state index in [1.165, 1.54) is 10.4 Å². The summed E-state index contributed by atoms with van der Waals surface area (Å²) in [7, 11) is -3.37. The van der Waals surface area contributed by atoms with E-state index in [4.69, 9.17) is 10.8 Å². The molecule has 0 saturated carbocycles. The number of piperazine rings is 1. The number of aliphatic hydroxyl groups excluding tert-OH is 1. The van der Waals surface area contributed by atoms with Crippen molar-refractivity contribution in [2.45, 2.75) is 25.3 Å². The smallest absolute Gasteiger partial charge is 0.214 e. The Labute approximate surface area is 225 Å². The van der Waals surface area contributed by atoms with Crippen molar-refractivity contribution >= 4 is 38.1 Å². The summed E-state index contributed by atoms with van der Waals surface area (Å²) in [5, 5.41) is 12.6. The molecule has 4 N–H and O–H groups in total. The first-order valence-corrected chi connectivity index (χ1v) is 15.2. The Hall–Kier alpha value is -2.23. The first kappa shape index (κ1) is 28.8. The molecule has 10 nitrogen and oxygen atoms in total. The summed E-state index contributed by atoms with van der Waals surface area (Å²) < 4.78 is 55.3. The molecule has 38 heavy (non-hydrogen) atoms. The molecule has 0 radical (unpaired) electrons. The van der Waals surface area contributed by atoms with E-state index in [0.29, 0.717) is 44.0 Å². The Bertz CT molecular complexity index is 1190. The molecule has 0 atom stereocenters. The second kappa shape index (κ2) is 12.7. The number of nitrogens with zero attached hydrogens (tertiary/aromatic N) is 4. The second-order valence-electron chi connectivity index (χ2n) is 9.55. The van der Waals surface area contributed by atoms with E-state index in [1.807, 2.05) is 0 Å². The van der Waals surface area contributed by atoms with Gasteiger partial charge in [0.1, 0.15) is 22.3 Å². The van der Waals surface area contributed by atoms with E-state index in [9.17, 15) is 22.0 Å². The number of halogens is 2. The summed E-state index contributed by atoms with van der Waals surface area (Å²) >= 11 is 0.925. The monoisotopic (exact) mass is 572 g/mol. The van der Waals surface area contributed by atoms with E-state index in [0.717, 1.165) is 56.2 Å². The van der Waals surface area contributed by atoms with Crippen LogP contribution < -0.4 is 11.1 Å². The lowest BCUT2D eigenvalue weighted by molar-refractivity contribution is 0.103. The predicted molar refractivity (Wildman–Crippen MR) is 143 cm³/mol. The third kappa shape index (κ3) is 7.04. The van der Waals surface area contributed by atoms with Crippen molar-refractivity contribution in [1.29, 1.82) is 0 Å². The first-order chi connectivity index (χ1) is 18.2. The minimum absolute atomic E-state index is 0.0497. The van der Waals surface area contributed by atoms with E-state index in [1.54, 1.807) is 0 Å². The van der Waals surface area contributed by atoms with Gasteiger partial charge in [0, 0.05) is 51.9 Å². The number of carbonyl (C=O) groups excluding carboxylic acids is 1. The molecular weight excluding hydrogens is 538 g/mol. The fraction of sp³-hybridized carbons (Fsp3) is 0.583. The third-order valence-corrected chi connectivity index (χ3v) is 9.94. The Kier molecular flexibility index (Phi) is 9.65. The predicted octanol–water partition coefficient (Wildman–Crippen LogP) is 1.44. The number of anilines is 2. The number of sulfonamides is 1. The summed E-state index contributed by atoms with van der Waals surface area (Å²) in [5.74, 6) is -2.81. The average molecular weight is 573 g/mol. The summed E-state index contributed by atoms with van der Waals surface area (Å²) in [4.78, 5) is 21.3. The van der Waals surface area contributed by atoms with Crippen LogP contribution in [0, 0.1) is 11.6 Å². The van der Waals surface area contributed by atoms with Gasteiger partial charge in [0.2, 0.25) is 15.8 Å². The molecule has 2 saturated heterocycles. The number of aliphatic hydroxyl groups is 1. The van der Waals surface area contributed by atoms with Gasteiger partial charge < -0.3 is 21.1 Å². The normalized spacial score (nSPS) is 18.6. The molecule has 4 rings (SSSR count). The lowest BCUT2D eigenvalue weighted by Gasteiger charge is -2.34. The van der Waals surface area contributed by atoms with E-state index in [-0.39, 0.29) is 29.1 Å². The fourth-order valence-electron chi connectivity index (χ4n) is 4.82. The van der Waals surface area contributed by atoms with E-state index < -0.39 is 33.0 Å². The maximum atomic E-state index is 14.0. The van der Waals surface area contributed by atoms with Crippen molar-refractivity contribution in [2.75, 3.05) is 75.8 Å². The molecule has 2 fully saturated rings. The quantitative estimate of drug-likeness (QED) is 0.342. The van der Waals surface area contributed by atoms with E-state index >= 15 is 0 Å². The zero-order chi connectivity index (χ0) is 27.3. The number of benzene rings is 1. The number of β-amino-alcohol motifs (C(OH)–C–C–N with tert-alkyl or cyclic N) is 1. The van der Waals surface area contributed by atoms with Crippen LogP contribution in [0.2, 0.25) is 0 Å². The summed E-state index contributed by atoms with van der Waals surface area (Å²) in [6.07, 6.45) is 1.67. The van der Waals surface area contributed by atoms with Gasteiger partial charge in [-0.2, -0.15) is 0 Å². The van der Waals surface area contributed by atoms with E-state index in [2.05, 4.69) is 20.1 Å². The highest BCUT2D eigenvalue weighted by Gasteiger charge is 2.29.